The Hall–Kier alpha value is -3.15. The van der Waals surface area contributed by atoms with Gasteiger partial charge in [-0.2, -0.15) is 0 Å². The first-order chi connectivity index (χ1) is 11.5. The number of hydrogen-bond donors (Lipinski definition) is 2. The number of benzene rings is 2. The van der Waals surface area contributed by atoms with Crippen molar-refractivity contribution in [1.82, 2.24) is 0 Å². The van der Waals surface area contributed by atoms with Gasteiger partial charge in [0.25, 0.3) is 5.91 Å². The SMILES string of the molecule is Cc1ccc(C(=O)O)cc1N1C(=O)C[C@@H](Nc2ccccc2)C1=O. The van der Waals surface area contributed by atoms with E-state index < -0.39 is 12.0 Å². The van der Waals surface area contributed by atoms with E-state index >= 15 is 0 Å². The Labute approximate surface area is 138 Å². The summed E-state index contributed by atoms with van der Waals surface area (Å²) < 4.78 is 0. The number of aryl methyl sites for hydroxylation is 1. The summed E-state index contributed by atoms with van der Waals surface area (Å²) in [4.78, 5) is 37.2. The van der Waals surface area contributed by atoms with E-state index in [0.717, 1.165) is 10.6 Å². The molecule has 1 fully saturated rings. The van der Waals surface area contributed by atoms with Gasteiger partial charge in [0.05, 0.1) is 17.7 Å². The molecule has 6 nitrogen and oxygen atoms in total. The van der Waals surface area contributed by atoms with Crippen LogP contribution in [0.25, 0.3) is 0 Å². The number of nitrogens with one attached hydrogen (secondary N) is 1. The highest BCUT2D eigenvalue weighted by molar-refractivity contribution is 6.23. The molecule has 0 radical (unpaired) electrons. The van der Waals surface area contributed by atoms with Crippen LogP contribution in [0.2, 0.25) is 0 Å². The fraction of sp³-hybridized carbons (Fsp3) is 0.167. The summed E-state index contributed by atoms with van der Waals surface area (Å²) in [5, 5.41) is 12.2. The number of carbonyl (C=O) groups is 3. The molecule has 1 heterocycles. The Morgan fingerprint density at radius 1 is 1.17 bits per heavy atom. The zero-order valence-corrected chi connectivity index (χ0v) is 13.0. The number of amides is 2. The van der Waals surface area contributed by atoms with Gasteiger partial charge in [0.1, 0.15) is 6.04 Å². The molecule has 122 valence electrons. The molecule has 1 aliphatic heterocycles. The molecule has 6 heteroatoms. The first-order valence-corrected chi connectivity index (χ1v) is 7.49. The number of nitrogens with zero attached hydrogens (tertiary/aromatic N) is 1. The van der Waals surface area contributed by atoms with Gasteiger partial charge in [-0.05, 0) is 36.8 Å². The molecule has 2 N–H and O–H groups in total. The van der Waals surface area contributed by atoms with E-state index in [9.17, 15) is 14.4 Å². The van der Waals surface area contributed by atoms with E-state index in [4.69, 9.17) is 5.11 Å². The predicted molar refractivity (Wildman–Crippen MR) is 89.1 cm³/mol. The molecule has 0 unspecified atom stereocenters. The van der Waals surface area contributed by atoms with Crippen molar-refractivity contribution in [3.63, 3.8) is 0 Å². The van der Waals surface area contributed by atoms with Crippen molar-refractivity contribution in [2.45, 2.75) is 19.4 Å². The van der Waals surface area contributed by atoms with E-state index in [1.165, 1.54) is 12.1 Å². The molecule has 0 aromatic heterocycles. The van der Waals surface area contributed by atoms with E-state index in [0.29, 0.717) is 11.3 Å². The highest BCUT2D eigenvalue weighted by atomic mass is 16.4. The molecule has 0 spiro atoms. The third-order valence-electron chi connectivity index (χ3n) is 3.96. The number of para-hydroxylation sites is 1. The second-order valence-corrected chi connectivity index (χ2v) is 5.64. The fourth-order valence-corrected chi connectivity index (χ4v) is 2.72. The van der Waals surface area contributed by atoms with Gasteiger partial charge in [-0.25, -0.2) is 9.69 Å². The van der Waals surface area contributed by atoms with Gasteiger partial charge in [0, 0.05) is 5.69 Å². The topological polar surface area (TPSA) is 86.7 Å². The molecule has 2 amide bonds. The number of rotatable bonds is 4. The van der Waals surface area contributed by atoms with Crippen LogP contribution in [0.5, 0.6) is 0 Å². The molecule has 2 aromatic carbocycles. The van der Waals surface area contributed by atoms with Crippen LogP contribution in [0.1, 0.15) is 22.3 Å². The van der Waals surface area contributed by atoms with Gasteiger partial charge in [-0.3, -0.25) is 9.59 Å². The summed E-state index contributed by atoms with van der Waals surface area (Å²) >= 11 is 0. The van der Waals surface area contributed by atoms with Crippen molar-refractivity contribution >= 4 is 29.2 Å². The molecule has 1 saturated heterocycles. The number of carboxylic acid groups (broad SMARTS) is 1. The fourth-order valence-electron chi connectivity index (χ4n) is 2.72. The highest BCUT2D eigenvalue weighted by Gasteiger charge is 2.40. The Bertz CT molecular complexity index is 817. The Kier molecular flexibility index (Phi) is 4.04. The summed E-state index contributed by atoms with van der Waals surface area (Å²) in [7, 11) is 0. The number of carboxylic acids is 1. The van der Waals surface area contributed by atoms with E-state index in [-0.39, 0.29) is 23.8 Å². The zero-order chi connectivity index (χ0) is 17.3. The van der Waals surface area contributed by atoms with Gasteiger partial charge in [0.2, 0.25) is 5.91 Å². The summed E-state index contributed by atoms with van der Waals surface area (Å²) in [5.74, 6) is -1.83. The molecule has 0 aliphatic carbocycles. The van der Waals surface area contributed by atoms with Crippen molar-refractivity contribution in [3.05, 3.63) is 59.7 Å². The number of carbonyl (C=O) groups excluding carboxylic acids is 2. The zero-order valence-electron chi connectivity index (χ0n) is 13.0. The summed E-state index contributed by atoms with van der Waals surface area (Å²) in [6.07, 6.45) is 0.0322. The average molecular weight is 324 g/mol. The number of hydrogen-bond acceptors (Lipinski definition) is 4. The van der Waals surface area contributed by atoms with Gasteiger partial charge < -0.3 is 10.4 Å². The highest BCUT2D eigenvalue weighted by Crippen LogP contribution is 2.28. The Morgan fingerprint density at radius 2 is 1.88 bits per heavy atom. The van der Waals surface area contributed by atoms with Crippen molar-refractivity contribution in [2.75, 3.05) is 10.2 Å². The lowest BCUT2D eigenvalue weighted by Crippen LogP contribution is -2.35. The molecule has 24 heavy (non-hydrogen) atoms. The van der Waals surface area contributed by atoms with Crippen LogP contribution in [0.15, 0.2) is 48.5 Å². The molecule has 1 aliphatic rings. The normalized spacial score (nSPS) is 17.2. The van der Waals surface area contributed by atoms with E-state index in [1.54, 1.807) is 13.0 Å². The van der Waals surface area contributed by atoms with Crippen LogP contribution in [0.3, 0.4) is 0 Å². The second-order valence-electron chi connectivity index (χ2n) is 5.64. The average Bonchev–Trinajstić information content (AvgIpc) is 2.83. The Morgan fingerprint density at radius 3 is 2.54 bits per heavy atom. The maximum Gasteiger partial charge on any atom is 0.335 e. The third kappa shape index (κ3) is 2.86. The molecule has 1 atom stereocenters. The quantitative estimate of drug-likeness (QED) is 0.844. The summed E-state index contributed by atoms with van der Waals surface area (Å²) in [6, 6.07) is 12.9. The minimum absolute atomic E-state index is 0.0322. The van der Waals surface area contributed by atoms with Crippen LogP contribution in [0, 0.1) is 6.92 Å². The lowest BCUT2D eigenvalue weighted by Gasteiger charge is -2.18. The van der Waals surface area contributed by atoms with E-state index in [2.05, 4.69) is 5.32 Å². The summed E-state index contributed by atoms with van der Waals surface area (Å²) in [5.41, 5.74) is 1.78. The standard InChI is InChI=1S/C18H16N2O4/c1-11-7-8-12(18(23)24)9-15(11)20-16(21)10-14(17(20)22)19-13-5-3-2-4-6-13/h2-9,14,19H,10H2,1H3,(H,23,24)/t14-/m1/s1. The first kappa shape index (κ1) is 15.7. The van der Waals surface area contributed by atoms with Crippen molar-refractivity contribution in [1.29, 1.82) is 0 Å². The summed E-state index contributed by atoms with van der Waals surface area (Å²) in [6.45, 7) is 1.74. The molecule has 3 rings (SSSR count). The lowest BCUT2D eigenvalue weighted by atomic mass is 10.1. The second kappa shape index (κ2) is 6.16. The minimum atomic E-state index is -1.10. The van der Waals surface area contributed by atoms with Crippen molar-refractivity contribution in [3.8, 4) is 0 Å². The van der Waals surface area contributed by atoms with Gasteiger partial charge in [-0.1, -0.05) is 24.3 Å². The minimum Gasteiger partial charge on any atom is -0.478 e. The number of imide groups is 1. The van der Waals surface area contributed by atoms with Crippen LogP contribution in [0.4, 0.5) is 11.4 Å². The monoisotopic (exact) mass is 324 g/mol. The molecule has 0 bridgehead atoms. The van der Waals surface area contributed by atoms with Crippen LogP contribution >= 0.6 is 0 Å². The molecule has 0 saturated carbocycles. The smallest absolute Gasteiger partial charge is 0.335 e. The van der Waals surface area contributed by atoms with Gasteiger partial charge >= 0.3 is 5.97 Å². The first-order valence-electron chi connectivity index (χ1n) is 7.49. The Balaban J connectivity index is 1.90. The van der Waals surface area contributed by atoms with Crippen LogP contribution in [-0.4, -0.2) is 28.9 Å². The third-order valence-corrected chi connectivity index (χ3v) is 3.96. The predicted octanol–water partition coefficient (Wildman–Crippen LogP) is 2.44. The van der Waals surface area contributed by atoms with Crippen LogP contribution in [-0.2, 0) is 9.59 Å². The van der Waals surface area contributed by atoms with Gasteiger partial charge in [0.15, 0.2) is 0 Å². The maximum absolute atomic E-state index is 12.6. The lowest BCUT2D eigenvalue weighted by molar-refractivity contribution is -0.121. The largest absolute Gasteiger partial charge is 0.478 e. The molecular weight excluding hydrogens is 308 g/mol. The van der Waals surface area contributed by atoms with E-state index in [1.807, 2.05) is 30.3 Å². The van der Waals surface area contributed by atoms with Gasteiger partial charge in [-0.15, -0.1) is 0 Å². The van der Waals surface area contributed by atoms with Crippen LogP contribution < -0.4 is 10.2 Å². The van der Waals surface area contributed by atoms with Crippen molar-refractivity contribution in [2.24, 2.45) is 0 Å². The number of anilines is 2. The maximum atomic E-state index is 12.6. The van der Waals surface area contributed by atoms with Crippen molar-refractivity contribution < 1.29 is 19.5 Å². The number of aromatic carboxylic acids is 1. The molecule has 2 aromatic rings. The molecular formula is C18H16N2O4.